The first-order valence-electron chi connectivity index (χ1n) is 22.6. The molecule has 0 aliphatic carbocycles. The number of benzene rings is 6. The van der Waals surface area contributed by atoms with Crippen LogP contribution in [0.1, 0.15) is 33.4 Å². The van der Waals surface area contributed by atoms with Crippen LogP contribution in [0.25, 0.3) is 0 Å². The van der Waals surface area contributed by atoms with Crippen LogP contribution in [-0.2, 0) is 87.0 Å². The third kappa shape index (κ3) is 13.5. The lowest BCUT2D eigenvalue weighted by atomic mass is 9.97. The van der Waals surface area contributed by atoms with Gasteiger partial charge in [-0.15, -0.1) is 0 Å². The molecule has 0 unspecified atom stereocenters. The van der Waals surface area contributed by atoms with Crippen LogP contribution in [0.4, 0.5) is 0 Å². The van der Waals surface area contributed by atoms with Gasteiger partial charge in [-0.3, -0.25) is 0 Å². The highest BCUT2D eigenvalue weighted by atomic mass is 16.7. The van der Waals surface area contributed by atoms with Crippen LogP contribution in [0.5, 0.6) is 0 Å². The van der Waals surface area contributed by atoms with Crippen molar-refractivity contribution in [2.75, 3.05) is 20.3 Å². The fourth-order valence-electron chi connectivity index (χ4n) is 8.19. The maximum atomic E-state index is 12.2. The Labute approximate surface area is 388 Å². The Balaban J connectivity index is 1.08. The van der Waals surface area contributed by atoms with E-state index in [1.165, 1.54) is 0 Å². The van der Waals surface area contributed by atoms with Crippen LogP contribution in [0.2, 0.25) is 0 Å². The summed E-state index contributed by atoms with van der Waals surface area (Å²) in [5, 5.41) is 12.2. The number of hydrogen-bond acceptors (Lipinski definition) is 11. The Bertz CT molecular complexity index is 2220. The zero-order chi connectivity index (χ0) is 45.2. The second-order valence-electron chi connectivity index (χ2n) is 16.5. The van der Waals surface area contributed by atoms with E-state index in [1.807, 2.05) is 182 Å². The van der Waals surface area contributed by atoms with Gasteiger partial charge in [-0.2, -0.15) is 0 Å². The fraction of sp³-hybridized carbons (Fsp3) is 0.345. The molecule has 11 nitrogen and oxygen atoms in total. The highest BCUT2D eigenvalue weighted by molar-refractivity contribution is 5.18. The van der Waals surface area contributed by atoms with Crippen LogP contribution in [0, 0.1) is 0 Å². The van der Waals surface area contributed by atoms with Crippen molar-refractivity contribution in [3.05, 3.63) is 215 Å². The summed E-state index contributed by atoms with van der Waals surface area (Å²) in [6, 6.07) is 59.5. The average molecular weight is 897 g/mol. The van der Waals surface area contributed by atoms with Crippen molar-refractivity contribution in [1.29, 1.82) is 0 Å². The molecule has 2 aliphatic heterocycles. The van der Waals surface area contributed by atoms with Gasteiger partial charge in [-0.1, -0.05) is 182 Å². The minimum absolute atomic E-state index is 0.119. The standard InChI is InChI=1S/C55H60O11/c1-57-54-52(62-36-44-28-16-6-17-29-44)50(60-34-42-24-12-4-13-25-42)48(56)46(65-54)39-64-55-53(63-37-45-30-18-7-19-31-45)51(61-35-43-26-14-5-15-27-43)49(59-33-41-22-10-3-11-23-41)47(66-55)38-58-32-40-20-8-2-9-21-40/h2-31,46-56H,32-39H2,1H3/t46-,47-,48+,49-,50+,51+,52-,53-,54+,55-/m1/s1. The summed E-state index contributed by atoms with van der Waals surface area (Å²) in [5.74, 6) is 0. The molecule has 2 aliphatic rings. The van der Waals surface area contributed by atoms with Crippen molar-refractivity contribution in [2.24, 2.45) is 0 Å². The lowest BCUT2D eigenvalue weighted by Gasteiger charge is -2.47. The first kappa shape index (κ1) is 47.4. The van der Waals surface area contributed by atoms with Crippen molar-refractivity contribution >= 4 is 0 Å². The molecule has 10 atom stereocenters. The SMILES string of the molecule is CO[C@H]1O[C@H](CO[C@@H]2O[C@H](COCc3ccccc3)[C@@H](OCc3ccccc3)[C@H](OCc3ccccc3)[C@H]2OCc2ccccc2)[C@H](O)[C@H](OCc2ccccc2)[C@H]1OCc1ccccc1. The van der Waals surface area contributed by atoms with E-state index in [1.54, 1.807) is 7.11 Å². The Morgan fingerprint density at radius 1 is 0.348 bits per heavy atom. The highest BCUT2D eigenvalue weighted by Crippen LogP contribution is 2.34. The van der Waals surface area contributed by atoms with E-state index in [0.717, 1.165) is 33.4 Å². The number of methoxy groups -OCH3 is 1. The van der Waals surface area contributed by atoms with Crippen molar-refractivity contribution < 1.29 is 52.5 Å². The van der Waals surface area contributed by atoms with Gasteiger partial charge >= 0.3 is 0 Å². The Kier molecular flexibility index (Phi) is 18.0. The monoisotopic (exact) mass is 896 g/mol. The minimum atomic E-state index is -1.19. The smallest absolute Gasteiger partial charge is 0.187 e. The van der Waals surface area contributed by atoms with Crippen LogP contribution >= 0.6 is 0 Å². The van der Waals surface area contributed by atoms with Crippen molar-refractivity contribution in [3.8, 4) is 0 Å². The number of hydrogen-bond donors (Lipinski definition) is 1. The molecule has 6 aromatic carbocycles. The van der Waals surface area contributed by atoms with Gasteiger partial charge in [-0.05, 0) is 33.4 Å². The number of aliphatic hydroxyl groups excluding tert-OH is 1. The molecular weight excluding hydrogens is 837 g/mol. The number of aliphatic hydroxyl groups is 1. The average Bonchev–Trinajstić information content (AvgIpc) is 3.37. The predicted molar refractivity (Wildman–Crippen MR) is 247 cm³/mol. The van der Waals surface area contributed by atoms with E-state index in [4.69, 9.17) is 47.4 Å². The molecule has 0 bridgehead atoms. The molecule has 2 saturated heterocycles. The van der Waals surface area contributed by atoms with E-state index in [0.29, 0.717) is 13.2 Å². The molecule has 2 heterocycles. The molecule has 2 fully saturated rings. The van der Waals surface area contributed by atoms with Gasteiger partial charge < -0.3 is 52.5 Å². The maximum Gasteiger partial charge on any atom is 0.187 e. The molecule has 11 heteroatoms. The molecule has 0 amide bonds. The molecule has 0 aromatic heterocycles. The highest BCUT2D eigenvalue weighted by Gasteiger charge is 2.51. The Morgan fingerprint density at radius 3 is 1.09 bits per heavy atom. The van der Waals surface area contributed by atoms with E-state index in [-0.39, 0.29) is 39.6 Å². The molecule has 1 N–H and O–H groups in total. The number of ether oxygens (including phenoxy) is 10. The van der Waals surface area contributed by atoms with Crippen molar-refractivity contribution in [3.63, 3.8) is 0 Å². The maximum absolute atomic E-state index is 12.2. The molecule has 346 valence electrons. The van der Waals surface area contributed by atoms with Gasteiger partial charge in [0.25, 0.3) is 0 Å². The van der Waals surface area contributed by atoms with Gasteiger partial charge in [0, 0.05) is 7.11 Å². The summed E-state index contributed by atoms with van der Waals surface area (Å²) >= 11 is 0. The van der Waals surface area contributed by atoms with Crippen LogP contribution in [0.15, 0.2) is 182 Å². The molecule has 8 rings (SSSR count). The summed E-state index contributed by atoms with van der Waals surface area (Å²) in [6.07, 6.45) is -8.50. The molecule has 66 heavy (non-hydrogen) atoms. The van der Waals surface area contributed by atoms with Gasteiger partial charge in [0.15, 0.2) is 12.6 Å². The van der Waals surface area contributed by atoms with Gasteiger partial charge in [0.05, 0.1) is 52.9 Å². The van der Waals surface area contributed by atoms with Crippen LogP contribution in [0.3, 0.4) is 0 Å². The topological polar surface area (TPSA) is 113 Å². The molecular formula is C55H60O11. The van der Waals surface area contributed by atoms with Crippen molar-refractivity contribution in [2.45, 2.75) is 101 Å². The van der Waals surface area contributed by atoms with E-state index >= 15 is 0 Å². The van der Waals surface area contributed by atoms with Gasteiger partial charge in [0.2, 0.25) is 0 Å². The van der Waals surface area contributed by atoms with Crippen LogP contribution in [-0.4, -0.2) is 86.8 Å². The molecule has 6 aromatic rings. The summed E-state index contributed by atoms with van der Waals surface area (Å²) in [5.41, 5.74) is 5.87. The molecule has 0 radical (unpaired) electrons. The van der Waals surface area contributed by atoms with E-state index < -0.39 is 61.4 Å². The Hall–Kier alpha value is -5.12. The first-order chi connectivity index (χ1) is 32.6. The van der Waals surface area contributed by atoms with Crippen molar-refractivity contribution in [1.82, 2.24) is 0 Å². The first-order valence-corrected chi connectivity index (χ1v) is 22.6. The zero-order valence-electron chi connectivity index (χ0n) is 37.3. The zero-order valence-corrected chi connectivity index (χ0v) is 37.3. The number of rotatable bonds is 23. The summed E-state index contributed by atoms with van der Waals surface area (Å²) in [7, 11) is 1.55. The second-order valence-corrected chi connectivity index (χ2v) is 16.5. The summed E-state index contributed by atoms with van der Waals surface area (Å²) < 4.78 is 66.0. The minimum Gasteiger partial charge on any atom is -0.387 e. The summed E-state index contributed by atoms with van der Waals surface area (Å²) in [4.78, 5) is 0. The lowest BCUT2D eigenvalue weighted by Crippen LogP contribution is -2.63. The predicted octanol–water partition coefficient (Wildman–Crippen LogP) is 8.60. The third-order valence-corrected chi connectivity index (χ3v) is 11.7. The molecule has 0 saturated carbocycles. The molecule has 0 spiro atoms. The quantitative estimate of drug-likeness (QED) is 0.0668. The van der Waals surface area contributed by atoms with Gasteiger partial charge in [0.1, 0.15) is 48.8 Å². The summed E-state index contributed by atoms with van der Waals surface area (Å²) in [6.45, 7) is 1.71. The largest absolute Gasteiger partial charge is 0.387 e. The lowest BCUT2D eigenvalue weighted by molar-refractivity contribution is -0.348. The van der Waals surface area contributed by atoms with Crippen LogP contribution < -0.4 is 0 Å². The fourth-order valence-corrected chi connectivity index (χ4v) is 8.19. The normalized spacial score (nSPS) is 25.4. The van der Waals surface area contributed by atoms with E-state index in [2.05, 4.69) is 0 Å². The third-order valence-electron chi connectivity index (χ3n) is 11.7. The second kappa shape index (κ2) is 25.1. The van der Waals surface area contributed by atoms with E-state index in [9.17, 15) is 5.11 Å². The Morgan fingerprint density at radius 2 is 0.682 bits per heavy atom. The van der Waals surface area contributed by atoms with Gasteiger partial charge in [-0.25, -0.2) is 0 Å².